The average molecular weight is 787 g/mol. The minimum absolute atomic E-state index is 0.0357. The Morgan fingerprint density at radius 2 is 1.56 bits per heavy atom. The van der Waals surface area contributed by atoms with E-state index >= 15 is 0 Å². The largest absolute Gasteiger partial charge is 0.418 e. The Labute approximate surface area is 327 Å². The summed E-state index contributed by atoms with van der Waals surface area (Å²) in [5.74, 6) is -3.93. The molecule has 2 heterocycles. The lowest BCUT2D eigenvalue weighted by molar-refractivity contribution is -0.138. The van der Waals surface area contributed by atoms with Crippen LogP contribution < -0.4 is 21.3 Å². The third-order valence-electron chi connectivity index (χ3n) is 11.3. The number of para-hydroxylation sites is 1. The molecule has 4 amide bonds. The number of halogens is 4. The summed E-state index contributed by atoms with van der Waals surface area (Å²) in [5.41, 5.74) is -1.20. The van der Waals surface area contributed by atoms with E-state index in [4.69, 9.17) is 0 Å². The number of aryl methyl sites for hydroxylation is 1. The van der Waals surface area contributed by atoms with E-state index in [2.05, 4.69) is 31.2 Å². The fraction of sp³-hybridized carbons (Fsp3) is 0.372. The van der Waals surface area contributed by atoms with E-state index < -0.39 is 64.7 Å². The summed E-state index contributed by atoms with van der Waals surface area (Å²) in [5, 5.41) is 13.3. The van der Waals surface area contributed by atoms with Gasteiger partial charge in [0.2, 0.25) is 23.6 Å². The van der Waals surface area contributed by atoms with Crippen LogP contribution in [-0.2, 0) is 44.6 Å². The molecule has 5 aromatic rings. The molecule has 0 fully saturated rings. The van der Waals surface area contributed by atoms with Crippen molar-refractivity contribution >= 4 is 51.0 Å². The number of H-pyrrole nitrogens is 1. The maximum absolute atomic E-state index is 14.9. The normalized spacial score (nSPS) is 17.5. The summed E-state index contributed by atoms with van der Waals surface area (Å²) in [6, 6.07) is 14.6. The number of anilines is 1. The Hall–Kier alpha value is -5.79. The first-order valence-electron chi connectivity index (χ1n) is 19.1. The van der Waals surface area contributed by atoms with Crippen molar-refractivity contribution in [3.8, 4) is 0 Å². The highest BCUT2D eigenvalue weighted by Gasteiger charge is 2.47. The van der Waals surface area contributed by atoms with E-state index in [-0.39, 0.29) is 48.1 Å². The second-order valence-electron chi connectivity index (χ2n) is 15.0. The average Bonchev–Trinajstić information content (AvgIpc) is 3.56. The molecule has 6 rings (SSSR count). The van der Waals surface area contributed by atoms with Crippen LogP contribution in [0.15, 0.2) is 79.1 Å². The molecule has 0 saturated heterocycles. The van der Waals surface area contributed by atoms with Crippen molar-refractivity contribution in [3.05, 3.63) is 107 Å². The molecule has 1 aliphatic rings. The van der Waals surface area contributed by atoms with Crippen molar-refractivity contribution in [2.24, 2.45) is 11.8 Å². The number of pyridine rings is 1. The second kappa shape index (κ2) is 16.7. The lowest BCUT2D eigenvalue weighted by Gasteiger charge is -2.39. The van der Waals surface area contributed by atoms with Crippen LogP contribution in [0.1, 0.15) is 69.3 Å². The Balaban J connectivity index is 1.36. The lowest BCUT2D eigenvalue weighted by Crippen LogP contribution is -2.67. The number of benzene rings is 3. The van der Waals surface area contributed by atoms with Gasteiger partial charge < -0.3 is 26.3 Å². The molecule has 0 saturated carbocycles. The standard InChI is InChI=1S/C43H46F4N6O4/c1-5-24(3)36(39(55)50-33-16-9-12-26-18-20-48-23-30(26)33)52-41(57)42(19-17-34-29(22-42)28-13-10-14-31(38(28)49-34)43(45,46)47)53-40(56)37(25(4)6-2)51-35(54)21-27-11-7-8-15-32(27)44/h7-16,18,20,23-25,36-37,49H,5-6,17,19,21-22H2,1-4H3,(H,50,55)(H,51,54)(H,52,57)(H,53,56)/t24?,25?,36-,37-,42+/m0/s1. The SMILES string of the molecule is CCC(C)[C@H](NC(=O)Cc1ccccc1F)C(=O)N[C@]1(C(=O)N[C@H](C(=O)Nc2cccc3ccncc23)C(C)CC)CCc2[nH]c3c(C(F)(F)F)cccc3c2C1. The minimum atomic E-state index is -4.66. The van der Waals surface area contributed by atoms with Crippen molar-refractivity contribution in [1.29, 1.82) is 0 Å². The molecule has 0 radical (unpaired) electrons. The number of carbonyl (C=O) groups is 4. The maximum atomic E-state index is 14.9. The minimum Gasteiger partial charge on any atom is -0.358 e. The number of carbonyl (C=O) groups excluding carboxylic acids is 4. The van der Waals surface area contributed by atoms with Crippen LogP contribution in [0, 0.1) is 17.7 Å². The van der Waals surface area contributed by atoms with Gasteiger partial charge in [0.05, 0.1) is 23.2 Å². The third kappa shape index (κ3) is 8.64. The molecule has 0 bridgehead atoms. The van der Waals surface area contributed by atoms with Crippen LogP contribution in [0.4, 0.5) is 23.2 Å². The first kappa shape index (κ1) is 40.9. The molecule has 57 heavy (non-hydrogen) atoms. The molecule has 2 aromatic heterocycles. The molecule has 300 valence electrons. The summed E-state index contributed by atoms with van der Waals surface area (Å²) in [4.78, 5) is 63.8. The van der Waals surface area contributed by atoms with Crippen LogP contribution in [0.5, 0.6) is 0 Å². The summed E-state index contributed by atoms with van der Waals surface area (Å²) < 4.78 is 56.8. The lowest BCUT2D eigenvalue weighted by atomic mass is 9.78. The van der Waals surface area contributed by atoms with Gasteiger partial charge in [-0.2, -0.15) is 13.2 Å². The third-order valence-corrected chi connectivity index (χ3v) is 11.3. The molecule has 0 aliphatic heterocycles. The first-order chi connectivity index (χ1) is 27.2. The van der Waals surface area contributed by atoms with Crippen LogP contribution in [-0.4, -0.2) is 51.2 Å². The molecule has 5 atom stereocenters. The first-order valence-corrected chi connectivity index (χ1v) is 19.1. The van der Waals surface area contributed by atoms with Crippen LogP contribution >= 0.6 is 0 Å². The van der Waals surface area contributed by atoms with Gasteiger partial charge in [-0.15, -0.1) is 0 Å². The second-order valence-corrected chi connectivity index (χ2v) is 15.0. The summed E-state index contributed by atoms with van der Waals surface area (Å²) in [7, 11) is 0. The predicted molar refractivity (Wildman–Crippen MR) is 209 cm³/mol. The number of aromatic nitrogens is 2. The van der Waals surface area contributed by atoms with Crippen molar-refractivity contribution in [2.45, 2.75) is 90.0 Å². The fourth-order valence-corrected chi connectivity index (χ4v) is 7.53. The smallest absolute Gasteiger partial charge is 0.358 e. The molecular weight excluding hydrogens is 741 g/mol. The molecule has 3 aromatic carbocycles. The number of hydrogen-bond donors (Lipinski definition) is 5. The van der Waals surface area contributed by atoms with Gasteiger partial charge in [-0.05, 0) is 65.5 Å². The van der Waals surface area contributed by atoms with E-state index in [0.717, 1.165) is 11.5 Å². The number of nitrogens with one attached hydrogen (secondary N) is 5. The Morgan fingerprint density at radius 3 is 2.26 bits per heavy atom. The highest BCUT2D eigenvalue weighted by molar-refractivity contribution is 6.05. The van der Waals surface area contributed by atoms with Crippen LogP contribution in [0.2, 0.25) is 0 Å². The highest BCUT2D eigenvalue weighted by atomic mass is 19.4. The van der Waals surface area contributed by atoms with Gasteiger partial charge in [0, 0.05) is 35.3 Å². The van der Waals surface area contributed by atoms with E-state index in [9.17, 15) is 36.7 Å². The van der Waals surface area contributed by atoms with E-state index in [1.165, 1.54) is 30.3 Å². The van der Waals surface area contributed by atoms with E-state index in [1.54, 1.807) is 43.6 Å². The topological polar surface area (TPSA) is 145 Å². The summed E-state index contributed by atoms with van der Waals surface area (Å²) >= 11 is 0. The van der Waals surface area contributed by atoms with Crippen LogP contribution in [0.25, 0.3) is 21.7 Å². The number of aromatic amines is 1. The monoisotopic (exact) mass is 786 g/mol. The highest BCUT2D eigenvalue weighted by Crippen LogP contribution is 2.40. The number of hydrogen-bond acceptors (Lipinski definition) is 5. The van der Waals surface area contributed by atoms with Gasteiger partial charge in [0.1, 0.15) is 23.4 Å². The van der Waals surface area contributed by atoms with Crippen molar-refractivity contribution in [3.63, 3.8) is 0 Å². The Kier molecular flexibility index (Phi) is 12.0. The molecule has 14 heteroatoms. The number of fused-ring (bicyclic) bond motifs is 4. The fourth-order valence-electron chi connectivity index (χ4n) is 7.53. The van der Waals surface area contributed by atoms with Gasteiger partial charge in [-0.3, -0.25) is 24.2 Å². The molecule has 1 aliphatic carbocycles. The molecule has 5 N–H and O–H groups in total. The van der Waals surface area contributed by atoms with Gasteiger partial charge in [-0.25, -0.2) is 4.39 Å². The zero-order chi connectivity index (χ0) is 41.1. The number of amides is 4. The zero-order valence-electron chi connectivity index (χ0n) is 32.1. The quantitative estimate of drug-likeness (QED) is 0.0805. The molecular formula is C43H46F4N6O4. The number of nitrogens with zero attached hydrogens (tertiary/aromatic N) is 1. The van der Waals surface area contributed by atoms with Crippen molar-refractivity contribution < 1.29 is 36.7 Å². The molecule has 0 spiro atoms. The van der Waals surface area contributed by atoms with Gasteiger partial charge >= 0.3 is 6.18 Å². The Bertz CT molecular complexity index is 2300. The van der Waals surface area contributed by atoms with Crippen LogP contribution in [0.3, 0.4) is 0 Å². The summed E-state index contributed by atoms with van der Waals surface area (Å²) in [6.07, 6.45) is -0.944. The predicted octanol–water partition coefficient (Wildman–Crippen LogP) is 7.16. The van der Waals surface area contributed by atoms with Gasteiger partial charge in [-0.1, -0.05) is 83.0 Å². The molecule has 10 nitrogen and oxygen atoms in total. The van der Waals surface area contributed by atoms with E-state index in [1.807, 2.05) is 26.8 Å². The maximum Gasteiger partial charge on any atom is 0.418 e. The van der Waals surface area contributed by atoms with Crippen molar-refractivity contribution in [2.75, 3.05) is 5.32 Å². The number of alkyl halides is 3. The summed E-state index contributed by atoms with van der Waals surface area (Å²) in [6.45, 7) is 7.26. The van der Waals surface area contributed by atoms with Gasteiger partial charge in [0.15, 0.2) is 0 Å². The molecule has 2 unspecified atom stereocenters. The zero-order valence-corrected chi connectivity index (χ0v) is 32.1. The Morgan fingerprint density at radius 1 is 0.860 bits per heavy atom. The number of rotatable bonds is 13. The van der Waals surface area contributed by atoms with Gasteiger partial charge in [0.25, 0.3) is 0 Å². The van der Waals surface area contributed by atoms with E-state index in [0.29, 0.717) is 35.2 Å². The van der Waals surface area contributed by atoms with Crippen molar-refractivity contribution in [1.82, 2.24) is 25.9 Å².